The smallest absolute Gasteiger partial charge is 0.224 e. The third-order valence-electron chi connectivity index (χ3n) is 4.68. The van der Waals surface area contributed by atoms with Crippen LogP contribution < -0.4 is 5.32 Å². The van der Waals surface area contributed by atoms with Gasteiger partial charge >= 0.3 is 0 Å². The van der Waals surface area contributed by atoms with Gasteiger partial charge in [0.25, 0.3) is 0 Å². The van der Waals surface area contributed by atoms with Crippen molar-refractivity contribution in [1.29, 1.82) is 0 Å². The van der Waals surface area contributed by atoms with Crippen LogP contribution >= 0.6 is 0 Å². The van der Waals surface area contributed by atoms with E-state index >= 15 is 0 Å². The molecule has 4 heteroatoms. The summed E-state index contributed by atoms with van der Waals surface area (Å²) in [6.07, 6.45) is 7.67. The predicted octanol–water partition coefficient (Wildman–Crippen LogP) is 1.55. The molecule has 1 aliphatic heterocycles. The van der Waals surface area contributed by atoms with Gasteiger partial charge in [-0.15, -0.1) is 0 Å². The SMILES string of the molecule is CNC1(CC(=O)N(C)C2CCOC2)CCCCC1. The summed E-state index contributed by atoms with van der Waals surface area (Å²) in [5.41, 5.74) is 0.0447. The number of carbonyl (C=O) groups is 1. The summed E-state index contributed by atoms with van der Waals surface area (Å²) >= 11 is 0. The van der Waals surface area contributed by atoms with E-state index in [1.165, 1.54) is 19.3 Å². The van der Waals surface area contributed by atoms with Crippen LogP contribution in [0.2, 0.25) is 0 Å². The molecule has 1 atom stereocenters. The highest BCUT2D eigenvalue weighted by Crippen LogP contribution is 2.31. The van der Waals surface area contributed by atoms with Crippen molar-refractivity contribution in [2.75, 3.05) is 27.3 Å². The Morgan fingerprint density at radius 1 is 1.39 bits per heavy atom. The van der Waals surface area contributed by atoms with Crippen LogP contribution in [0.25, 0.3) is 0 Å². The van der Waals surface area contributed by atoms with Gasteiger partial charge in [0, 0.05) is 25.6 Å². The van der Waals surface area contributed by atoms with E-state index in [2.05, 4.69) is 5.32 Å². The Kier molecular flexibility index (Phi) is 4.62. The average Bonchev–Trinajstić information content (AvgIpc) is 2.92. The van der Waals surface area contributed by atoms with Gasteiger partial charge in [0.2, 0.25) is 5.91 Å². The lowest BCUT2D eigenvalue weighted by atomic mass is 9.79. The number of ether oxygens (including phenoxy) is 1. The fourth-order valence-corrected chi connectivity index (χ4v) is 3.19. The van der Waals surface area contributed by atoms with Crippen molar-refractivity contribution in [1.82, 2.24) is 10.2 Å². The van der Waals surface area contributed by atoms with Crippen molar-refractivity contribution >= 4 is 5.91 Å². The van der Waals surface area contributed by atoms with Crippen molar-refractivity contribution in [3.8, 4) is 0 Å². The summed E-state index contributed by atoms with van der Waals surface area (Å²) in [6, 6.07) is 0.287. The Hall–Kier alpha value is -0.610. The van der Waals surface area contributed by atoms with Gasteiger partial charge < -0.3 is 15.0 Å². The third-order valence-corrected chi connectivity index (χ3v) is 4.68. The van der Waals surface area contributed by atoms with Gasteiger partial charge in [-0.3, -0.25) is 4.79 Å². The van der Waals surface area contributed by atoms with Gasteiger partial charge in [-0.1, -0.05) is 19.3 Å². The van der Waals surface area contributed by atoms with Crippen LogP contribution in [0.1, 0.15) is 44.9 Å². The van der Waals surface area contributed by atoms with Crippen molar-refractivity contribution in [3.63, 3.8) is 0 Å². The zero-order valence-corrected chi connectivity index (χ0v) is 11.7. The molecule has 0 aromatic heterocycles. The zero-order chi connectivity index (χ0) is 13.0. The maximum absolute atomic E-state index is 12.4. The highest BCUT2D eigenvalue weighted by atomic mass is 16.5. The van der Waals surface area contributed by atoms with E-state index in [9.17, 15) is 4.79 Å². The van der Waals surface area contributed by atoms with E-state index in [-0.39, 0.29) is 17.5 Å². The number of hydrogen-bond donors (Lipinski definition) is 1. The van der Waals surface area contributed by atoms with E-state index < -0.39 is 0 Å². The second-order valence-electron chi connectivity index (χ2n) is 5.79. The standard InChI is InChI=1S/C14H26N2O2/c1-15-14(7-4-3-5-8-14)10-13(17)16(2)12-6-9-18-11-12/h12,15H,3-11H2,1-2H3. The number of amides is 1. The number of carbonyl (C=O) groups excluding carboxylic acids is 1. The van der Waals surface area contributed by atoms with Gasteiger partial charge in [0.15, 0.2) is 0 Å². The van der Waals surface area contributed by atoms with Crippen LogP contribution in [-0.4, -0.2) is 49.7 Å². The Morgan fingerprint density at radius 2 is 2.11 bits per heavy atom. The largest absolute Gasteiger partial charge is 0.379 e. The molecule has 2 aliphatic rings. The number of hydrogen-bond acceptors (Lipinski definition) is 3. The lowest BCUT2D eigenvalue weighted by Crippen LogP contribution is -2.50. The first kappa shape index (κ1) is 13.8. The molecule has 0 aromatic rings. The highest BCUT2D eigenvalue weighted by molar-refractivity contribution is 5.77. The molecule has 0 radical (unpaired) electrons. The number of likely N-dealkylation sites (N-methyl/N-ethyl adjacent to an activating group) is 1. The molecule has 0 bridgehead atoms. The second kappa shape index (κ2) is 6.02. The lowest BCUT2D eigenvalue weighted by Gasteiger charge is -2.38. The fraction of sp³-hybridized carbons (Fsp3) is 0.929. The fourth-order valence-electron chi connectivity index (χ4n) is 3.19. The number of nitrogens with zero attached hydrogens (tertiary/aromatic N) is 1. The molecule has 1 saturated carbocycles. The predicted molar refractivity (Wildman–Crippen MR) is 71.5 cm³/mol. The topological polar surface area (TPSA) is 41.6 Å². The van der Waals surface area contributed by atoms with Crippen LogP contribution in [-0.2, 0) is 9.53 Å². The first-order valence-corrected chi connectivity index (χ1v) is 7.19. The average molecular weight is 254 g/mol. The maximum Gasteiger partial charge on any atom is 0.224 e. The summed E-state index contributed by atoms with van der Waals surface area (Å²) < 4.78 is 5.36. The summed E-state index contributed by atoms with van der Waals surface area (Å²) in [5, 5.41) is 3.42. The number of rotatable bonds is 4. The van der Waals surface area contributed by atoms with Gasteiger partial charge in [0.1, 0.15) is 0 Å². The highest BCUT2D eigenvalue weighted by Gasteiger charge is 2.35. The van der Waals surface area contributed by atoms with E-state index in [0.717, 1.165) is 25.9 Å². The normalized spacial score (nSPS) is 27.1. The van der Waals surface area contributed by atoms with E-state index in [4.69, 9.17) is 4.74 Å². The molecular weight excluding hydrogens is 228 g/mol. The second-order valence-corrected chi connectivity index (χ2v) is 5.79. The van der Waals surface area contributed by atoms with E-state index in [1.54, 1.807) is 0 Å². The third kappa shape index (κ3) is 3.04. The monoisotopic (exact) mass is 254 g/mol. The van der Waals surface area contributed by atoms with Gasteiger partial charge in [0.05, 0.1) is 12.6 Å². The zero-order valence-electron chi connectivity index (χ0n) is 11.7. The lowest BCUT2D eigenvalue weighted by molar-refractivity contribution is -0.134. The molecule has 0 spiro atoms. The molecule has 1 unspecified atom stereocenters. The van der Waals surface area contributed by atoms with Gasteiger partial charge in [-0.25, -0.2) is 0 Å². The molecule has 1 saturated heterocycles. The van der Waals surface area contributed by atoms with Crippen LogP contribution in [0.3, 0.4) is 0 Å². The van der Waals surface area contributed by atoms with Gasteiger partial charge in [-0.05, 0) is 26.3 Å². The van der Waals surface area contributed by atoms with Crippen molar-refractivity contribution < 1.29 is 9.53 Å². The molecule has 2 fully saturated rings. The van der Waals surface area contributed by atoms with Crippen LogP contribution in [0.15, 0.2) is 0 Å². The molecule has 1 N–H and O–H groups in total. The molecule has 1 amide bonds. The van der Waals surface area contributed by atoms with Crippen LogP contribution in [0, 0.1) is 0 Å². The molecule has 1 heterocycles. The first-order valence-electron chi connectivity index (χ1n) is 7.19. The minimum atomic E-state index is 0.0447. The first-order chi connectivity index (χ1) is 8.67. The summed E-state index contributed by atoms with van der Waals surface area (Å²) in [4.78, 5) is 14.3. The van der Waals surface area contributed by atoms with Crippen LogP contribution in [0.5, 0.6) is 0 Å². The number of nitrogens with one attached hydrogen (secondary N) is 1. The molecule has 2 rings (SSSR count). The molecular formula is C14H26N2O2. The Bertz CT molecular complexity index is 282. The quantitative estimate of drug-likeness (QED) is 0.827. The molecule has 4 nitrogen and oxygen atoms in total. The maximum atomic E-state index is 12.4. The van der Waals surface area contributed by atoms with Crippen molar-refractivity contribution in [2.24, 2.45) is 0 Å². The Labute approximate surface area is 110 Å². The minimum absolute atomic E-state index is 0.0447. The van der Waals surface area contributed by atoms with E-state index in [1.807, 2.05) is 19.0 Å². The van der Waals surface area contributed by atoms with Crippen molar-refractivity contribution in [3.05, 3.63) is 0 Å². The molecule has 0 aromatic carbocycles. The van der Waals surface area contributed by atoms with E-state index in [0.29, 0.717) is 13.0 Å². The van der Waals surface area contributed by atoms with Gasteiger partial charge in [-0.2, -0.15) is 0 Å². The Morgan fingerprint density at radius 3 is 2.67 bits per heavy atom. The molecule has 104 valence electrons. The van der Waals surface area contributed by atoms with Crippen molar-refractivity contribution in [2.45, 2.75) is 56.5 Å². The summed E-state index contributed by atoms with van der Waals surface area (Å²) in [6.45, 7) is 1.49. The summed E-state index contributed by atoms with van der Waals surface area (Å²) in [7, 11) is 3.92. The molecule has 1 aliphatic carbocycles. The van der Waals surface area contributed by atoms with Crippen LogP contribution in [0.4, 0.5) is 0 Å². The molecule has 18 heavy (non-hydrogen) atoms. The minimum Gasteiger partial charge on any atom is -0.379 e. The summed E-state index contributed by atoms with van der Waals surface area (Å²) in [5.74, 6) is 0.266. The Balaban J connectivity index is 1.91.